The van der Waals surface area contributed by atoms with E-state index in [1.54, 1.807) is 0 Å². The molecule has 0 radical (unpaired) electrons. The van der Waals surface area contributed by atoms with Gasteiger partial charge < -0.3 is 10.2 Å². The molecule has 1 saturated heterocycles. The summed E-state index contributed by atoms with van der Waals surface area (Å²) in [6.07, 6.45) is 7.11. The summed E-state index contributed by atoms with van der Waals surface area (Å²) in [6, 6.07) is 4.32. The van der Waals surface area contributed by atoms with Crippen LogP contribution in [0.3, 0.4) is 0 Å². The zero-order valence-electron chi connectivity index (χ0n) is 13.1. The molecule has 2 aliphatic rings. The fourth-order valence-corrected chi connectivity index (χ4v) is 3.84. The number of aromatic nitrogens is 1. The van der Waals surface area contributed by atoms with E-state index >= 15 is 0 Å². The van der Waals surface area contributed by atoms with Gasteiger partial charge in [-0.05, 0) is 43.7 Å². The predicted molar refractivity (Wildman–Crippen MR) is 84.6 cm³/mol. The summed E-state index contributed by atoms with van der Waals surface area (Å²) in [5.74, 6) is 1.72. The Morgan fingerprint density at radius 2 is 2.14 bits per heavy atom. The molecule has 1 amide bonds. The van der Waals surface area contributed by atoms with E-state index in [9.17, 15) is 4.79 Å². The largest absolute Gasteiger partial charge is 0.373 e. The van der Waals surface area contributed by atoms with Crippen molar-refractivity contribution in [3.63, 3.8) is 0 Å². The SMILES string of the molecule is CCc1cc(C(=O)N2CCC3CCCCC32)cc(NC)n1. The zero-order chi connectivity index (χ0) is 14.8. The maximum atomic E-state index is 12.9. The van der Waals surface area contributed by atoms with Gasteiger partial charge in [-0.2, -0.15) is 0 Å². The van der Waals surface area contributed by atoms with E-state index in [0.29, 0.717) is 6.04 Å². The minimum Gasteiger partial charge on any atom is -0.373 e. The molecule has 114 valence electrons. The number of pyridine rings is 1. The number of nitrogens with zero attached hydrogens (tertiary/aromatic N) is 2. The highest BCUT2D eigenvalue weighted by molar-refractivity contribution is 5.95. The van der Waals surface area contributed by atoms with Gasteiger partial charge in [0.25, 0.3) is 5.91 Å². The number of likely N-dealkylation sites (tertiary alicyclic amines) is 1. The van der Waals surface area contributed by atoms with Crippen LogP contribution < -0.4 is 5.32 Å². The molecule has 4 heteroatoms. The monoisotopic (exact) mass is 287 g/mol. The van der Waals surface area contributed by atoms with Crippen LogP contribution in [-0.4, -0.2) is 35.4 Å². The van der Waals surface area contributed by atoms with Gasteiger partial charge in [0, 0.05) is 30.9 Å². The van der Waals surface area contributed by atoms with Crippen molar-refractivity contribution in [2.45, 2.75) is 51.5 Å². The van der Waals surface area contributed by atoms with Crippen LogP contribution in [0.25, 0.3) is 0 Å². The third kappa shape index (κ3) is 2.76. The first-order valence-corrected chi connectivity index (χ1v) is 8.22. The number of nitrogens with one attached hydrogen (secondary N) is 1. The summed E-state index contributed by atoms with van der Waals surface area (Å²) in [6.45, 7) is 3.00. The van der Waals surface area contributed by atoms with Gasteiger partial charge in [0.1, 0.15) is 5.82 Å². The van der Waals surface area contributed by atoms with E-state index in [1.807, 2.05) is 19.2 Å². The molecular weight excluding hydrogens is 262 g/mol. The third-order valence-corrected chi connectivity index (χ3v) is 5.01. The molecular formula is C17H25N3O. The minimum atomic E-state index is 0.193. The Hall–Kier alpha value is -1.58. The van der Waals surface area contributed by atoms with Crippen LogP contribution in [0.4, 0.5) is 5.82 Å². The van der Waals surface area contributed by atoms with Gasteiger partial charge >= 0.3 is 0 Å². The van der Waals surface area contributed by atoms with Crippen molar-refractivity contribution in [1.29, 1.82) is 0 Å². The molecule has 4 nitrogen and oxygen atoms in total. The average molecular weight is 287 g/mol. The zero-order valence-corrected chi connectivity index (χ0v) is 13.1. The third-order valence-electron chi connectivity index (χ3n) is 5.01. The Balaban J connectivity index is 1.84. The Morgan fingerprint density at radius 1 is 1.33 bits per heavy atom. The second-order valence-corrected chi connectivity index (χ2v) is 6.24. The van der Waals surface area contributed by atoms with E-state index in [2.05, 4.69) is 22.1 Å². The highest BCUT2D eigenvalue weighted by Crippen LogP contribution is 2.36. The molecule has 2 atom stereocenters. The molecule has 1 N–H and O–H groups in total. The summed E-state index contributed by atoms with van der Waals surface area (Å²) in [7, 11) is 1.85. The lowest BCUT2D eigenvalue weighted by Crippen LogP contribution is -2.39. The van der Waals surface area contributed by atoms with E-state index in [1.165, 1.54) is 32.1 Å². The van der Waals surface area contributed by atoms with E-state index in [4.69, 9.17) is 0 Å². The number of carbonyl (C=O) groups is 1. The van der Waals surface area contributed by atoms with Crippen LogP contribution in [0.5, 0.6) is 0 Å². The minimum absolute atomic E-state index is 0.193. The second kappa shape index (κ2) is 6.04. The number of hydrogen-bond acceptors (Lipinski definition) is 3. The Labute approximate surface area is 126 Å². The Morgan fingerprint density at radius 3 is 2.90 bits per heavy atom. The molecule has 1 aromatic rings. The maximum absolute atomic E-state index is 12.9. The summed E-state index contributed by atoms with van der Waals surface area (Å²) < 4.78 is 0. The summed E-state index contributed by atoms with van der Waals surface area (Å²) in [5.41, 5.74) is 1.77. The molecule has 1 saturated carbocycles. The summed E-state index contributed by atoms with van der Waals surface area (Å²) in [4.78, 5) is 19.5. The Kier molecular flexibility index (Phi) is 4.13. The highest BCUT2D eigenvalue weighted by atomic mass is 16.2. The lowest BCUT2D eigenvalue weighted by atomic mass is 9.85. The van der Waals surface area contributed by atoms with Gasteiger partial charge in [0.15, 0.2) is 0 Å². The van der Waals surface area contributed by atoms with Gasteiger partial charge in [0.05, 0.1) is 0 Å². The topological polar surface area (TPSA) is 45.2 Å². The number of fused-ring (bicyclic) bond motifs is 1. The molecule has 0 aromatic carbocycles. The molecule has 1 aliphatic carbocycles. The van der Waals surface area contributed by atoms with Crippen molar-refractivity contribution in [2.24, 2.45) is 5.92 Å². The molecule has 1 aromatic heterocycles. The van der Waals surface area contributed by atoms with Crippen molar-refractivity contribution in [3.05, 3.63) is 23.4 Å². The first-order chi connectivity index (χ1) is 10.2. The normalized spacial score (nSPS) is 24.8. The van der Waals surface area contributed by atoms with Crippen LogP contribution in [0.1, 0.15) is 55.1 Å². The highest BCUT2D eigenvalue weighted by Gasteiger charge is 2.38. The maximum Gasteiger partial charge on any atom is 0.254 e. The molecule has 1 aliphatic heterocycles. The van der Waals surface area contributed by atoms with Crippen molar-refractivity contribution >= 4 is 11.7 Å². The lowest BCUT2D eigenvalue weighted by molar-refractivity contribution is 0.0690. The molecule has 2 fully saturated rings. The standard InChI is InChI=1S/C17H25N3O/c1-3-14-10-13(11-16(18-2)19-14)17(21)20-9-8-12-6-4-5-7-15(12)20/h10-12,15H,3-9H2,1-2H3,(H,18,19). The van der Waals surface area contributed by atoms with Gasteiger partial charge in [0.2, 0.25) is 0 Å². The fourth-order valence-electron chi connectivity index (χ4n) is 3.84. The average Bonchev–Trinajstić information content (AvgIpc) is 2.97. The van der Waals surface area contributed by atoms with E-state index in [0.717, 1.165) is 36.0 Å². The molecule has 3 rings (SSSR count). The Bertz CT molecular complexity index is 507. The van der Waals surface area contributed by atoms with Gasteiger partial charge in [-0.25, -0.2) is 4.98 Å². The molecule has 0 spiro atoms. The number of hydrogen-bond donors (Lipinski definition) is 1. The van der Waals surface area contributed by atoms with Crippen LogP contribution >= 0.6 is 0 Å². The van der Waals surface area contributed by atoms with Gasteiger partial charge in [-0.3, -0.25) is 4.79 Å². The molecule has 2 unspecified atom stereocenters. The predicted octanol–water partition coefficient (Wildman–Crippen LogP) is 3.09. The van der Waals surface area contributed by atoms with Crippen molar-refractivity contribution in [1.82, 2.24) is 9.88 Å². The van der Waals surface area contributed by atoms with Crippen molar-refractivity contribution < 1.29 is 4.79 Å². The van der Waals surface area contributed by atoms with Crippen molar-refractivity contribution in [2.75, 3.05) is 18.9 Å². The smallest absolute Gasteiger partial charge is 0.254 e. The molecule has 21 heavy (non-hydrogen) atoms. The van der Waals surface area contributed by atoms with Gasteiger partial charge in [-0.1, -0.05) is 19.8 Å². The molecule has 0 bridgehead atoms. The number of carbonyl (C=O) groups excluding carboxylic acids is 1. The van der Waals surface area contributed by atoms with Gasteiger partial charge in [-0.15, -0.1) is 0 Å². The number of amides is 1. The summed E-state index contributed by atoms with van der Waals surface area (Å²) >= 11 is 0. The van der Waals surface area contributed by atoms with E-state index in [-0.39, 0.29) is 5.91 Å². The fraction of sp³-hybridized carbons (Fsp3) is 0.647. The van der Waals surface area contributed by atoms with Crippen LogP contribution in [-0.2, 0) is 6.42 Å². The second-order valence-electron chi connectivity index (χ2n) is 6.24. The van der Waals surface area contributed by atoms with Crippen LogP contribution in [0.2, 0.25) is 0 Å². The quantitative estimate of drug-likeness (QED) is 0.929. The first kappa shape index (κ1) is 14.4. The number of rotatable bonds is 3. The van der Waals surface area contributed by atoms with Crippen molar-refractivity contribution in [3.8, 4) is 0 Å². The number of aryl methyl sites for hydroxylation is 1. The lowest BCUT2D eigenvalue weighted by Gasteiger charge is -2.31. The van der Waals surface area contributed by atoms with E-state index < -0.39 is 0 Å². The molecule has 2 heterocycles. The number of anilines is 1. The first-order valence-electron chi connectivity index (χ1n) is 8.22. The van der Waals surface area contributed by atoms with Crippen LogP contribution in [0.15, 0.2) is 12.1 Å². The van der Waals surface area contributed by atoms with Crippen LogP contribution in [0, 0.1) is 5.92 Å². The summed E-state index contributed by atoms with van der Waals surface area (Å²) in [5, 5.41) is 3.06.